The SMILES string of the molecule is O=C([C@@H]1Sc2nnc(-c3ccccc3)n2N[C@H]1c1ccccc1)N1CCCCC1. The summed E-state index contributed by atoms with van der Waals surface area (Å²) in [4.78, 5) is 15.4. The molecule has 1 N–H and O–H groups in total. The summed E-state index contributed by atoms with van der Waals surface area (Å²) in [7, 11) is 0. The van der Waals surface area contributed by atoms with Crippen molar-refractivity contribution >= 4 is 17.7 Å². The Labute approximate surface area is 174 Å². The second kappa shape index (κ2) is 7.91. The summed E-state index contributed by atoms with van der Waals surface area (Å²) < 4.78 is 1.93. The Kier molecular flexibility index (Phi) is 4.97. The molecule has 2 aromatic carbocycles. The number of likely N-dealkylation sites (tertiary alicyclic amines) is 1. The minimum Gasteiger partial charge on any atom is -0.342 e. The molecule has 148 valence electrons. The van der Waals surface area contributed by atoms with E-state index >= 15 is 0 Å². The zero-order chi connectivity index (χ0) is 19.6. The summed E-state index contributed by atoms with van der Waals surface area (Å²) in [6.07, 6.45) is 3.37. The molecule has 3 heterocycles. The van der Waals surface area contributed by atoms with Crippen LogP contribution in [-0.4, -0.2) is 44.0 Å². The van der Waals surface area contributed by atoms with E-state index in [9.17, 15) is 4.79 Å². The van der Waals surface area contributed by atoms with Gasteiger partial charge in [0.1, 0.15) is 5.25 Å². The molecule has 5 rings (SSSR count). The lowest BCUT2D eigenvalue weighted by Gasteiger charge is -2.37. The second-order valence-corrected chi connectivity index (χ2v) is 8.56. The van der Waals surface area contributed by atoms with Crippen molar-refractivity contribution in [2.75, 3.05) is 18.5 Å². The highest BCUT2D eigenvalue weighted by molar-refractivity contribution is 8.00. The Hall–Kier alpha value is -2.80. The molecular formula is C22H23N5OS. The number of aromatic nitrogens is 3. The van der Waals surface area contributed by atoms with Gasteiger partial charge in [0.05, 0.1) is 6.04 Å². The fraction of sp³-hybridized carbons (Fsp3) is 0.318. The van der Waals surface area contributed by atoms with Crippen LogP contribution in [0.1, 0.15) is 30.9 Å². The average molecular weight is 406 g/mol. The number of benzene rings is 2. The first kappa shape index (κ1) is 18.2. The topological polar surface area (TPSA) is 63.1 Å². The first-order valence-corrected chi connectivity index (χ1v) is 11.0. The number of carbonyl (C=O) groups excluding carboxylic acids is 1. The number of hydrogen-bond acceptors (Lipinski definition) is 5. The molecule has 29 heavy (non-hydrogen) atoms. The molecule has 2 aliphatic rings. The van der Waals surface area contributed by atoms with Crippen LogP contribution in [-0.2, 0) is 4.79 Å². The maximum atomic E-state index is 13.4. The molecule has 1 aromatic heterocycles. The highest BCUT2D eigenvalue weighted by Crippen LogP contribution is 2.39. The number of thioether (sulfide) groups is 1. The van der Waals surface area contributed by atoms with Crippen molar-refractivity contribution in [3.8, 4) is 11.4 Å². The van der Waals surface area contributed by atoms with Crippen LogP contribution in [0.3, 0.4) is 0 Å². The van der Waals surface area contributed by atoms with Gasteiger partial charge in [0.15, 0.2) is 5.82 Å². The molecule has 0 bridgehead atoms. The molecule has 2 atom stereocenters. The van der Waals surface area contributed by atoms with E-state index in [4.69, 9.17) is 0 Å². The number of amides is 1. The molecule has 3 aromatic rings. The third-order valence-corrected chi connectivity index (χ3v) is 6.74. The molecule has 0 radical (unpaired) electrons. The average Bonchev–Trinajstić information content (AvgIpc) is 3.22. The maximum absolute atomic E-state index is 13.4. The number of fused-ring (bicyclic) bond motifs is 1. The molecule has 0 spiro atoms. The zero-order valence-corrected chi connectivity index (χ0v) is 16.9. The van der Waals surface area contributed by atoms with Crippen molar-refractivity contribution in [2.45, 2.75) is 35.7 Å². The van der Waals surface area contributed by atoms with Gasteiger partial charge in [0, 0.05) is 18.7 Å². The third-order valence-electron chi connectivity index (χ3n) is 5.54. The molecule has 1 fully saturated rings. The quantitative estimate of drug-likeness (QED) is 0.720. The fourth-order valence-electron chi connectivity index (χ4n) is 4.02. The predicted octanol–water partition coefficient (Wildman–Crippen LogP) is 3.72. The summed E-state index contributed by atoms with van der Waals surface area (Å²) >= 11 is 1.51. The fourth-order valence-corrected chi connectivity index (χ4v) is 5.19. The molecule has 7 heteroatoms. The van der Waals surface area contributed by atoms with Crippen LogP contribution in [0.5, 0.6) is 0 Å². The van der Waals surface area contributed by atoms with E-state index in [-0.39, 0.29) is 17.2 Å². The molecule has 1 amide bonds. The summed E-state index contributed by atoms with van der Waals surface area (Å²) in [6.45, 7) is 1.69. The Morgan fingerprint density at radius 1 is 0.931 bits per heavy atom. The van der Waals surface area contributed by atoms with E-state index in [1.54, 1.807) is 0 Å². The van der Waals surface area contributed by atoms with Gasteiger partial charge in [-0.2, -0.15) is 0 Å². The predicted molar refractivity (Wildman–Crippen MR) is 114 cm³/mol. The normalized spacial score (nSPS) is 21.3. The van der Waals surface area contributed by atoms with Gasteiger partial charge in [-0.05, 0) is 24.8 Å². The minimum atomic E-state index is -0.268. The van der Waals surface area contributed by atoms with Crippen molar-refractivity contribution in [3.63, 3.8) is 0 Å². The van der Waals surface area contributed by atoms with E-state index in [0.717, 1.165) is 48.0 Å². The highest BCUT2D eigenvalue weighted by Gasteiger charge is 2.40. The minimum absolute atomic E-state index is 0.151. The van der Waals surface area contributed by atoms with Crippen molar-refractivity contribution in [3.05, 3.63) is 66.2 Å². The number of piperidine rings is 1. The lowest BCUT2D eigenvalue weighted by Crippen LogP contribution is -2.47. The van der Waals surface area contributed by atoms with Gasteiger partial charge < -0.3 is 10.3 Å². The smallest absolute Gasteiger partial charge is 0.238 e. The van der Waals surface area contributed by atoms with E-state index < -0.39 is 0 Å². The largest absolute Gasteiger partial charge is 0.342 e. The van der Waals surface area contributed by atoms with Gasteiger partial charge in [-0.3, -0.25) is 4.79 Å². The Morgan fingerprint density at radius 2 is 1.62 bits per heavy atom. The second-order valence-electron chi connectivity index (χ2n) is 7.45. The highest BCUT2D eigenvalue weighted by atomic mass is 32.2. The van der Waals surface area contributed by atoms with Gasteiger partial charge in [0.25, 0.3) is 0 Å². The first-order chi connectivity index (χ1) is 14.3. The number of carbonyl (C=O) groups is 1. The van der Waals surface area contributed by atoms with Gasteiger partial charge >= 0.3 is 0 Å². The summed E-state index contributed by atoms with van der Waals surface area (Å²) in [5.74, 6) is 0.949. The van der Waals surface area contributed by atoms with Crippen molar-refractivity contribution in [2.24, 2.45) is 0 Å². The van der Waals surface area contributed by atoms with Gasteiger partial charge in [-0.25, -0.2) is 4.68 Å². The van der Waals surface area contributed by atoms with Crippen molar-refractivity contribution < 1.29 is 4.79 Å². The summed E-state index contributed by atoms with van der Waals surface area (Å²) in [6, 6.07) is 20.0. The number of rotatable bonds is 3. The number of nitrogens with zero attached hydrogens (tertiary/aromatic N) is 4. The van der Waals surface area contributed by atoms with Gasteiger partial charge in [-0.15, -0.1) is 10.2 Å². The van der Waals surface area contributed by atoms with Crippen LogP contribution >= 0.6 is 11.8 Å². The van der Waals surface area contributed by atoms with Gasteiger partial charge in [0.2, 0.25) is 11.1 Å². The van der Waals surface area contributed by atoms with Crippen molar-refractivity contribution in [1.29, 1.82) is 0 Å². The molecule has 0 unspecified atom stereocenters. The van der Waals surface area contributed by atoms with Crippen LogP contribution in [0.15, 0.2) is 65.8 Å². The monoisotopic (exact) mass is 405 g/mol. The van der Waals surface area contributed by atoms with Crippen LogP contribution in [0.4, 0.5) is 0 Å². The molecule has 0 saturated carbocycles. The molecule has 2 aliphatic heterocycles. The summed E-state index contributed by atoms with van der Waals surface area (Å²) in [5.41, 5.74) is 5.64. The van der Waals surface area contributed by atoms with Gasteiger partial charge in [-0.1, -0.05) is 72.4 Å². The van der Waals surface area contributed by atoms with E-state index in [0.29, 0.717) is 0 Å². The zero-order valence-electron chi connectivity index (χ0n) is 16.1. The standard InChI is InChI=1S/C22H23N5OS/c28-21(26-14-8-3-9-15-26)19-18(16-10-4-1-5-11-16)25-27-20(23-24-22(27)29-19)17-12-6-2-7-13-17/h1-2,4-7,10-13,18-19,25H,3,8-9,14-15H2/t18-,19+/m0/s1. The van der Waals surface area contributed by atoms with E-state index in [1.165, 1.54) is 18.2 Å². The third kappa shape index (κ3) is 3.51. The van der Waals surface area contributed by atoms with Crippen molar-refractivity contribution in [1.82, 2.24) is 19.8 Å². The summed E-state index contributed by atoms with van der Waals surface area (Å²) in [5, 5.41) is 9.25. The lowest BCUT2D eigenvalue weighted by atomic mass is 10.0. The van der Waals surface area contributed by atoms with Crippen LogP contribution in [0, 0.1) is 0 Å². The Morgan fingerprint density at radius 3 is 2.34 bits per heavy atom. The molecular weight excluding hydrogens is 382 g/mol. The molecule has 0 aliphatic carbocycles. The van der Waals surface area contributed by atoms with Crippen LogP contribution in [0.25, 0.3) is 11.4 Å². The Bertz CT molecular complexity index is 985. The first-order valence-electron chi connectivity index (χ1n) is 10.1. The number of nitrogens with one attached hydrogen (secondary N) is 1. The van der Waals surface area contributed by atoms with E-state index in [1.807, 2.05) is 58.1 Å². The number of hydrogen-bond donors (Lipinski definition) is 1. The Balaban J connectivity index is 1.52. The maximum Gasteiger partial charge on any atom is 0.238 e. The van der Waals surface area contributed by atoms with Crippen LogP contribution < -0.4 is 5.43 Å². The van der Waals surface area contributed by atoms with Crippen LogP contribution in [0.2, 0.25) is 0 Å². The lowest BCUT2D eigenvalue weighted by molar-refractivity contribution is -0.131. The molecule has 6 nitrogen and oxygen atoms in total. The molecule has 1 saturated heterocycles. The van der Waals surface area contributed by atoms with E-state index in [2.05, 4.69) is 27.8 Å².